The molecule has 2 aliphatic rings. The molecule has 32 heavy (non-hydrogen) atoms. The molecule has 2 fully saturated rings. The van der Waals surface area contributed by atoms with Gasteiger partial charge in [0, 0.05) is 36.4 Å². The predicted octanol–water partition coefficient (Wildman–Crippen LogP) is 4.83. The maximum absolute atomic E-state index is 13.0. The van der Waals surface area contributed by atoms with Gasteiger partial charge in [-0.15, -0.1) is 0 Å². The predicted molar refractivity (Wildman–Crippen MR) is 112 cm³/mol. The highest BCUT2D eigenvalue weighted by atomic mass is 19.4. The topological polar surface area (TPSA) is 71.0 Å². The molecule has 164 valence electrons. The minimum absolute atomic E-state index is 0.128. The van der Waals surface area contributed by atoms with Crippen LogP contribution in [0.5, 0.6) is 0 Å². The summed E-state index contributed by atoms with van der Waals surface area (Å²) < 4.78 is 38.9. The number of benzene rings is 1. The molecule has 1 N–H and O–H groups in total. The summed E-state index contributed by atoms with van der Waals surface area (Å²) >= 11 is 0. The number of carbonyl (C=O) groups excluding carboxylic acids is 1. The summed E-state index contributed by atoms with van der Waals surface area (Å²) in [6, 6.07) is 8.51. The minimum atomic E-state index is -4.54. The van der Waals surface area contributed by atoms with E-state index in [-0.39, 0.29) is 17.4 Å². The molecule has 0 saturated carbocycles. The molecule has 4 heterocycles. The van der Waals surface area contributed by atoms with Crippen LogP contribution >= 0.6 is 0 Å². The Balaban J connectivity index is 1.46. The van der Waals surface area contributed by atoms with Gasteiger partial charge in [-0.25, -0.2) is 9.97 Å². The van der Waals surface area contributed by atoms with E-state index in [2.05, 4.69) is 26.3 Å². The fourth-order valence-corrected chi connectivity index (χ4v) is 4.66. The maximum atomic E-state index is 13.0. The van der Waals surface area contributed by atoms with Gasteiger partial charge >= 0.3 is 6.18 Å². The van der Waals surface area contributed by atoms with E-state index < -0.39 is 11.9 Å². The Morgan fingerprint density at radius 1 is 1.12 bits per heavy atom. The second-order valence-electron chi connectivity index (χ2n) is 8.30. The first kappa shape index (κ1) is 20.4. The SMILES string of the molecule is Cc1cc(Nc2nccc(C(F)(F)F)n2)cc(-c2cncc(C34CCCN3C(=O)C4)c2)c1. The van der Waals surface area contributed by atoms with Crippen LogP contribution in [0.3, 0.4) is 0 Å². The van der Waals surface area contributed by atoms with Crippen LogP contribution in [0.1, 0.15) is 36.1 Å². The molecule has 2 saturated heterocycles. The highest BCUT2D eigenvalue weighted by molar-refractivity contribution is 5.86. The largest absolute Gasteiger partial charge is 0.433 e. The third kappa shape index (κ3) is 3.47. The standard InChI is InChI=1S/C23H20F3N5O/c1-14-7-15(10-18(8-14)29-21-28-5-3-19(30-21)23(24,25)26)16-9-17(13-27-12-16)22-4-2-6-31(22)20(32)11-22/h3,5,7-10,12-13H,2,4,6,11H2,1H3,(H,28,29,30). The number of halogens is 3. The van der Waals surface area contributed by atoms with Crippen LogP contribution in [0.4, 0.5) is 24.8 Å². The third-order valence-corrected chi connectivity index (χ3v) is 6.12. The molecule has 0 aliphatic carbocycles. The highest BCUT2D eigenvalue weighted by Crippen LogP contribution is 2.49. The van der Waals surface area contributed by atoms with Crippen molar-refractivity contribution in [1.29, 1.82) is 0 Å². The third-order valence-electron chi connectivity index (χ3n) is 6.12. The number of pyridine rings is 1. The lowest BCUT2D eigenvalue weighted by Gasteiger charge is -2.47. The Morgan fingerprint density at radius 3 is 2.75 bits per heavy atom. The number of alkyl halides is 3. The van der Waals surface area contributed by atoms with Crippen molar-refractivity contribution in [3.8, 4) is 11.1 Å². The zero-order chi connectivity index (χ0) is 22.5. The minimum Gasteiger partial charge on any atom is -0.332 e. The monoisotopic (exact) mass is 439 g/mol. The summed E-state index contributed by atoms with van der Waals surface area (Å²) in [6.45, 7) is 2.68. The van der Waals surface area contributed by atoms with E-state index in [0.29, 0.717) is 12.1 Å². The van der Waals surface area contributed by atoms with Gasteiger partial charge in [-0.1, -0.05) is 6.07 Å². The first-order valence-corrected chi connectivity index (χ1v) is 10.3. The van der Waals surface area contributed by atoms with E-state index in [9.17, 15) is 18.0 Å². The van der Waals surface area contributed by atoms with Gasteiger partial charge in [0.05, 0.1) is 12.0 Å². The molecule has 1 atom stereocenters. The number of fused-ring (bicyclic) bond motifs is 1. The lowest BCUT2D eigenvalue weighted by molar-refractivity contribution is -0.153. The first-order valence-electron chi connectivity index (χ1n) is 10.3. The number of β-lactam (4-membered cyclic amide) rings is 1. The average molecular weight is 439 g/mol. The van der Waals surface area contributed by atoms with E-state index in [4.69, 9.17) is 0 Å². The van der Waals surface area contributed by atoms with Gasteiger partial charge in [-0.05, 0) is 60.7 Å². The van der Waals surface area contributed by atoms with Crippen LogP contribution < -0.4 is 5.32 Å². The van der Waals surface area contributed by atoms with E-state index in [1.165, 1.54) is 0 Å². The van der Waals surface area contributed by atoms with Crippen molar-refractivity contribution in [2.24, 2.45) is 0 Å². The fraction of sp³-hybridized carbons (Fsp3) is 0.304. The summed E-state index contributed by atoms with van der Waals surface area (Å²) in [6.07, 6.45) is 2.52. The van der Waals surface area contributed by atoms with Gasteiger partial charge in [0.2, 0.25) is 11.9 Å². The number of rotatable bonds is 4. The van der Waals surface area contributed by atoms with E-state index in [1.54, 1.807) is 6.20 Å². The van der Waals surface area contributed by atoms with Crippen LogP contribution in [-0.2, 0) is 16.5 Å². The molecule has 1 unspecified atom stereocenters. The summed E-state index contributed by atoms with van der Waals surface area (Å²) in [5.41, 5.74) is 2.99. The van der Waals surface area contributed by atoms with Crippen molar-refractivity contribution in [2.75, 3.05) is 11.9 Å². The smallest absolute Gasteiger partial charge is 0.332 e. The molecule has 5 rings (SSSR count). The van der Waals surface area contributed by atoms with Gasteiger partial charge in [0.15, 0.2) is 0 Å². The van der Waals surface area contributed by atoms with Crippen molar-refractivity contribution in [2.45, 2.75) is 37.9 Å². The van der Waals surface area contributed by atoms with Crippen LogP contribution in [0.2, 0.25) is 0 Å². The molecule has 0 bridgehead atoms. The Labute approximate surface area is 182 Å². The van der Waals surface area contributed by atoms with Gasteiger partial charge in [0.1, 0.15) is 5.69 Å². The molecule has 1 aromatic carbocycles. The molecule has 2 aliphatic heterocycles. The lowest BCUT2D eigenvalue weighted by atomic mass is 9.78. The number of aromatic nitrogens is 3. The summed E-state index contributed by atoms with van der Waals surface area (Å²) in [5, 5.41) is 2.87. The number of amides is 1. The fourth-order valence-electron chi connectivity index (χ4n) is 4.66. The normalized spacial score (nSPS) is 20.1. The summed E-state index contributed by atoms with van der Waals surface area (Å²) in [7, 11) is 0. The number of nitrogens with one attached hydrogen (secondary N) is 1. The zero-order valence-electron chi connectivity index (χ0n) is 17.3. The molecular weight excluding hydrogens is 419 g/mol. The van der Waals surface area contributed by atoms with E-state index in [0.717, 1.165) is 53.9 Å². The quantitative estimate of drug-likeness (QED) is 0.590. The highest BCUT2D eigenvalue weighted by Gasteiger charge is 2.54. The first-order chi connectivity index (χ1) is 15.2. The van der Waals surface area contributed by atoms with Crippen molar-refractivity contribution >= 4 is 17.5 Å². The Bertz CT molecular complexity index is 1210. The molecule has 0 radical (unpaired) electrons. The number of nitrogens with zero attached hydrogens (tertiary/aromatic N) is 4. The average Bonchev–Trinajstić information content (AvgIpc) is 3.10. The number of hydrogen-bond donors (Lipinski definition) is 1. The number of hydrogen-bond acceptors (Lipinski definition) is 5. The number of anilines is 2. The van der Waals surface area contributed by atoms with Crippen molar-refractivity contribution in [3.05, 3.63) is 65.7 Å². The Hall–Kier alpha value is -3.49. The van der Waals surface area contributed by atoms with Crippen LogP contribution in [-0.4, -0.2) is 32.3 Å². The molecule has 1 amide bonds. The van der Waals surface area contributed by atoms with Gasteiger partial charge < -0.3 is 10.2 Å². The van der Waals surface area contributed by atoms with E-state index in [1.807, 2.05) is 36.2 Å². The second-order valence-corrected chi connectivity index (χ2v) is 8.30. The Morgan fingerprint density at radius 2 is 1.97 bits per heavy atom. The number of carbonyl (C=O) groups is 1. The van der Waals surface area contributed by atoms with Crippen LogP contribution in [0, 0.1) is 6.92 Å². The van der Waals surface area contributed by atoms with Crippen LogP contribution in [0.25, 0.3) is 11.1 Å². The lowest BCUT2D eigenvalue weighted by Crippen LogP contribution is -2.57. The summed E-state index contributed by atoms with van der Waals surface area (Å²) in [5.74, 6) is 0.0488. The van der Waals surface area contributed by atoms with Crippen molar-refractivity contribution < 1.29 is 18.0 Å². The zero-order valence-corrected chi connectivity index (χ0v) is 17.3. The second kappa shape index (κ2) is 7.29. The molecular formula is C23H20F3N5O. The Kier molecular flexibility index (Phi) is 4.65. The molecule has 3 aromatic rings. The molecule has 9 heteroatoms. The molecule has 2 aromatic heterocycles. The number of aryl methyl sites for hydroxylation is 1. The van der Waals surface area contributed by atoms with Crippen molar-refractivity contribution in [1.82, 2.24) is 19.9 Å². The maximum Gasteiger partial charge on any atom is 0.433 e. The van der Waals surface area contributed by atoms with Gasteiger partial charge in [-0.3, -0.25) is 9.78 Å². The molecule has 6 nitrogen and oxygen atoms in total. The van der Waals surface area contributed by atoms with Gasteiger partial charge in [0.25, 0.3) is 0 Å². The van der Waals surface area contributed by atoms with E-state index >= 15 is 0 Å². The van der Waals surface area contributed by atoms with Crippen molar-refractivity contribution in [3.63, 3.8) is 0 Å². The summed E-state index contributed by atoms with van der Waals surface area (Å²) in [4.78, 5) is 25.8. The molecule has 0 spiro atoms. The van der Waals surface area contributed by atoms with Gasteiger partial charge in [-0.2, -0.15) is 13.2 Å². The van der Waals surface area contributed by atoms with Crippen LogP contribution in [0.15, 0.2) is 48.9 Å².